The Morgan fingerprint density at radius 3 is 2.26 bits per heavy atom. The van der Waals surface area contributed by atoms with Crippen LogP contribution in [0, 0.1) is 0 Å². The van der Waals surface area contributed by atoms with Gasteiger partial charge < -0.3 is 10.1 Å². The molecule has 0 aliphatic rings. The summed E-state index contributed by atoms with van der Waals surface area (Å²) in [6.45, 7) is 3.01. The molecule has 1 unspecified atom stereocenters. The van der Waals surface area contributed by atoms with Crippen LogP contribution in [-0.2, 0) is 9.53 Å². The number of likely N-dealkylation sites (N-methyl/N-ethyl adjacent to an activating group) is 1. The molecule has 0 saturated carbocycles. The molecule has 0 saturated heterocycles. The Hall–Kier alpha value is -0.820. The third-order valence-corrected chi connectivity index (χ3v) is 3.06. The summed E-state index contributed by atoms with van der Waals surface area (Å²) in [6.07, 6.45) is -3.34. The lowest BCUT2D eigenvalue weighted by Crippen LogP contribution is -2.51. The SMILES string of the molecule is CCCN(CCC(C)(NC)C(=O)OC)CC(F)(F)F. The van der Waals surface area contributed by atoms with Crippen LogP contribution in [0.15, 0.2) is 0 Å². The van der Waals surface area contributed by atoms with E-state index in [2.05, 4.69) is 10.1 Å². The Morgan fingerprint density at radius 2 is 1.89 bits per heavy atom. The number of rotatable bonds is 8. The van der Waals surface area contributed by atoms with E-state index in [4.69, 9.17) is 0 Å². The van der Waals surface area contributed by atoms with E-state index < -0.39 is 24.2 Å². The minimum Gasteiger partial charge on any atom is -0.468 e. The molecule has 0 heterocycles. The van der Waals surface area contributed by atoms with Gasteiger partial charge in [-0.1, -0.05) is 6.92 Å². The van der Waals surface area contributed by atoms with Gasteiger partial charge in [-0.25, -0.2) is 0 Å². The van der Waals surface area contributed by atoms with Gasteiger partial charge in [-0.2, -0.15) is 13.2 Å². The van der Waals surface area contributed by atoms with Crippen LogP contribution in [0.2, 0.25) is 0 Å². The first kappa shape index (κ1) is 18.2. The van der Waals surface area contributed by atoms with Crippen molar-refractivity contribution in [2.24, 2.45) is 0 Å². The number of halogens is 3. The number of carbonyl (C=O) groups is 1. The van der Waals surface area contributed by atoms with E-state index in [9.17, 15) is 18.0 Å². The molecule has 0 rings (SSSR count). The number of carbonyl (C=O) groups excluding carboxylic acids is 1. The quantitative estimate of drug-likeness (QED) is 0.690. The summed E-state index contributed by atoms with van der Waals surface area (Å²) < 4.78 is 41.9. The molecule has 0 spiro atoms. The van der Waals surface area contributed by atoms with E-state index >= 15 is 0 Å². The molecule has 0 bridgehead atoms. The standard InChI is InChI=1S/C12H23F3N2O2/c1-5-7-17(9-12(13,14)15)8-6-11(2,16-3)10(18)19-4/h16H,5-9H2,1-4H3. The van der Waals surface area contributed by atoms with E-state index in [1.807, 2.05) is 6.92 Å². The van der Waals surface area contributed by atoms with Crippen LogP contribution < -0.4 is 5.32 Å². The number of alkyl halides is 3. The van der Waals surface area contributed by atoms with Gasteiger partial charge in [0.1, 0.15) is 5.54 Å². The molecule has 1 atom stereocenters. The third kappa shape index (κ3) is 6.77. The maximum Gasteiger partial charge on any atom is 0.401 e. The van der Waals surface area contributed by atoms with Crippen molar-refractivity contribution in [3.8, 4) is 0 Å². The maximum absolute atomic E-state index is 12.4. The summed E-state index contributed by atoms with van der Waals surface area (Å²) in [6, 6.07) is 0. The number of methoxy groups -OCH3 is 1. The lowest BCUT2D eigenvalue weighted by Gasteiger charge is -2.30. The first-order valence-electron chi connectivity index (χ1n) is 6.25. The van der Waals surface area contributed by atoms with Crippen molar-refractivity contribution < 1.29 is 22.7 Å². The Labute approximate surface area is 112 Å². The van der Waals surface area contributed by atoms with Crippen LogP contribution in [0.5, 0.6) is 0 Å². The fourth-order valence-electron chi connectivity index (χ4n) is 1.78. The zero-order valence-electron chi connectivity index (χ0n) is 11.9. The van der Waals surface area contributed by atoms with Crippen molar-refractivity contribution in [3.05, 3.63) is 0 Å². The molecular weight excluding hydrogens is 261 g/mol. The monoisotopic (exact) mass is 284 g/mol. The largest absolute Gasteiger partial charge is 0.468 e. The number of nitrogens with zero attached hydrogens (tertiary/aromatic N) is 1. The second-order valence-corrected chi connectivity index (χ2v) is 4.72. The smallest absolute Gasteiger partial charge is 0.401 e. The molecule has 0 aliphatic carbocycles. The van der Waals surface area contributed by atoms with Crippen molar-refractivity contribution >= 4 is 5.97 Å². The Bertz CT molecular complexity index is 285. The van der Waals surface area contributed by atoms with Crippen molar-refractivity contribution in [1.82, 2.24) is 10.2 Å². The van der Waals surface area contributed by atoms with E-state index in [0.29, 0.717) is 13.0 Å². The summed E-state index contributed by atoms with van der Waals surface area (Å²) in [5.74, 6) is -0.474. The molecule has 0 amide bonds. The molecule has 1 N–H and O–H groups in total. The molecule has 0 aromatic heterocycles. The van der Waals surface area contributed by atoms with Crippen LogP contribution in [0.25, 0.3) is 0 Å². The van der Waals surface area contributed by atoms with Crippen molar-refractivity contribution in [3.63, 3.8) is 0 Å². The Morgan fingerprint density at radius 1 is 1.32 bits per heavy atom. The van der Waals surface area contributed by atoms with Crippen molar-refractivity contribution in [2.75, 3.05) is 33.8 Å². The number of ether oxygens (including phenoxy) is 1. The molecule has 19 heavy (non-hydrogen) atoms. The summed E-state index contributed by atoms with van der Waals surface area (Å²) in [7, 11) is 2.85. The van der Waals surface area contributed by atoms with Crippen LogP contribution >= 0.6 is 0 Å². The summed E-state index contributed by atoms with van der Waals surface area (Å²) >= 11 is 0. The van der Waals surface area contributed by atoms with Gasteiger partial charge in [-0.15, -0.1) is 0 Å². The predicted octanol–water partition coefficient (Wildman–Crippen LogP) is 1.80. The molecule has 0 aliphatic heterocycles. The first-order valence-corrected chi connectivity index (χ1v) is 6.25. The van der Waals surface area contributed by atoms with Crippen LogP contribution in [-0.4, -0.2) is 56.4 Å². The van der Waals surface area contributed by atoms with Crippen LogP contribution in [0.4, 0.5) is 13.2 Å². The van der Waals surface area contributed by atoms with Crippen molar-refractivity contribution in [2.45, 2.75) is 38.4 Å². The van der Waals surface area contributed by atoms with E-state index in [1.165, 1.54) is 12.0 Å². The van der Waals surface area contributed by atoms with Gasteiger partial charge >= 0.3 is 12.1 Å². The average molecular weight is 284 g/mol. The second kappa shape index (κ2) is 7.69. The molecule has 0 aromatic rings. The van der Waals surface area contributed by atoms with Gasteiger partial charge in [-0.05, 0) is 33.4 Å². The Balaban J connectivity index is 4.56. The van der Waals surface area contributed by atoms with E-state index in [1.54, 1.807) is 14.0 Å². The van der Waals surface area contributed by atoms with E-state index in [0.717, 1.165) is 0 Å². The zero-order valence-corrected chi connectivity index (χ0v) is 11.9. The van der Waals surface area contributed by atoms with Gasteiger partial charge in [-0.3, -0.25) is 9.69 Å². The summed E-state index contributed by atoms with van der Waals surface area (Å²) in [5.41, 5.74) is -0.966. The van der Waals surface area contributed by atoms with Gasteiger partial charge in [0, 0.05) is 6.54 Å². The highest BCUT2D eigenvalue weighted by atomic mass is 19.4. The predicted molar refractivity (Wildman–Crippen MR) is 66.9 cm³/mol. The van der Waals surface area contributed by atoms with Gasteiger partial charge in [0.25, 0.3) is 0 Å². The number of nitrogens with one attached hydrogen (secondary N) is 1. The molecule has 0 radical (unpaired) electrons. The van der Waals surface area contributed by atoms with Crippen molar-refractivity contribution in [1.29, 1.82) is 0 Å². The zero-order chi connectivity index (χ0) is 15.1. The fourth-order valence-corrected chi connectivity index (χ4v) is 1.78. The molecular formula is C12H23F3N2O2. The molecule has 0 fully saturated rings. The van der Waals surface area contributed by atoms with E-state index in [-0.39, 0.29) is 13.0 Å². The normalized spacial score (nSPS) is 15.4. The number of hydrogen-bond donors (Lipinski definition) is 1. The summed E-state index contributed by atoms with van der Waals surface area (Å²) in [5, 5.41) is 2.81. The highest BCUT2D eigenvalue weighted by Gasteiger charge is 2.35. The second-order valence-electron chi connectivity index (χ2n) is 4.72. The topological polar surface area (TPSA) is 41.6 Å². The van der Waals surface area contributed by atoms with Gasteiger partial charge in [0.15, 0.2) is 0 Å². The fraction of sp³-hybridized carbons (Fsp3) is 0.917. The molecule has 7 heteroatoms. The lowest BCUT2D eigenvalue weighted by atomic mass is 9.98. The highest BCUT2D eigenvalue weighted by Crippen LogP contribution is 2.19. The van der Waals surface area contributed by atoms with Crippen LogP contribution in [0.1, 0.15) is 26.7 Å². The minimum atomic E-state index is -4.23. The first-order chi connectivity index (χ1) is 8.68. The van der Waals surface area contributed by atoms with Gasteiger partial charge in [0.05, 0.1) is 13.7 Å². The van der Waals surface area contributed by atoms with Crippen LogP contribution in [0.3, 0.4) is 0 Å². The molecule has 114 valence electrons. The maximum atomic E-state index is 12.4. The van der Waals surface area contributed by atoms with Gasteiger partial charge in [0.2, 0.25) is 0 Å². The average Bonchev–Trinajstić information content (AvgIpc) is 2.33. The minimum absolute atomic E-state index is 0.180. The number of hydrogen-bond acceptors (Lipinski definition) is 4. The third-order valence-electron chi connectivity index (χ3n) is 3.06. The highest BCUT2D eigenvalue weighted by molar-refractivity contribution is 5.80. The lowest BCUT2D eigenvalue weighted by molar-refractivity contribution is -0.150. The molecule has 4 nitrogen and oxygen atoms in total. The summed E-state index contributed by atoms with van der Waals surface area (Å²) in [4.78, 5) is 12.9. The molecule has 0 aromatic carbocycles. The number of esters is 1. The Kier molecular flexibility index (Phi) is 7.36.